The summed E-state index contributed by atoms with van der Waals surface area (Å²) in [6, 6.07) is 15.6. The third kappa shape index (κ3) is 4.05. The number of carbonyl (C=O) groups excluding carboxylic acids is 2. The number of nitrogens with zero attached hydrogens (tertiary/aromatic N) is 2. The van der Waals surface area contributed by atoms with Crippen LogP contribution in [-0.4, -0.2) is 23.3 Å². The molecule has 1 fully saturated rings. The van der Waals surface area contributed by atoms with Gasteiger partial charge in [0.2, 0.25) is 11.8 Å². The average Bonchev–Trinajstić information content (AvgIpc) is 3.33. The minimum atomic E-state index is -0.471. The predicted octanol–water partition coefficient (Wildman–Crippen LogP) is 4.50. The molecule has 0 aliphatic carbocycles. The standard InChI is InChI=1S/C22H20FN3O2S/c1-2-18-20(14-6-4-3-5-7-14)24-22(29-18)25-21(28)15-12-19(27)26(13-15)17-10-8-16(23)9-11-17/h3-11,15H,2,12-13H2,1H3,(H,24,25,28)/t15-/m1/s1. The topological polar surface area (TPSA) is 62.3 Å². The molecule has 7 heteroatoms. The summed E-state index contributed by atoms with van der Waals surface area (Å²) in [6.45, 7) is 2.33. The first-order chi connectivity index (χ1) is 14.0. The highest BCUT2D eigenvalue weighted by atomic mass is 32.1. The van der Waals surface area contributed by atoms with Crippen molar-refractivity contribution in [2.75, 3.05) is 16.8 Å². The quantitative estimate of drug-likeness (QED) is 0.675. The van der Waals surface area contributed by atoms with Gasteiger partial charge in [0.1, 0.15) is 5.82 Å². The van der Waals surface area contributed by atoms with E-state index in [1.54, 1.807) is 12.1 Å². The van der Waals surface area contributed by atoms with E-state index in [2.05, 4.69) is 17.2 Å². The van der Waals surface area contributed by atoms with Crippen molar-refractivity contribution in [1.29, 1.82) is 0 Å². The SMILES string of the molecule is CCc1sc(NC(=O)[C@@H]2CC(=O)N(c3ccc(F)cc3)C2)nc1-c1ccccc1. The molecule has 2 heterocycles. The molecule has 2 aromatic carbocycles. The van der Waals surface area contributed by atoms with Gasteiger partial charge in [-0.15, -0.1) is 11.3 Å². The predicted molar refractivity (Wildman–Crippen MR) is 112 cm³/mol. The molecule has 1 saturated heterocycles. The lowest BCUT2D eigenvalue weighted by Crippen LogP contribution is -2.28. The van der Waals surface area contributed by atoms with Gasteiger partial charge in [0, 0.05) is 29.1 Å². The van der Waals surface area contributed by atoms with Gasteiger partial charge in [-0.1, -0.05) is 37.3 Å². The Balaban J connectivity index is 1.48. The molecule has 0 saturated carbocycles. The van der Waals surface area contributed by atoms with Crippen molar-refractivity contribution in [2.24, 2.45) is 5.92 Å². The summed E-state index contributed by atoms with van der Waals surface area (Å²) in [5, 5.41) is 3.42. The Bertz CT molecular complexity index is 1030. The highest BCUT2D eigenvalue weighted by Crippen LogP contribution is 2.32. The molecule has 1 N–H and O–H groups in total. The average molecular weight is 409 g/mol. The van der Waals surface area contributed by atoms with Crippen LogP contribution in [0.5, 0.6) is 0 Å². The van der Waals surface area contributed by atoms with Crippen LogP contribution in [-0.2, 0) is 16.0 Å². The van der Waals surface area contributed by atoms with Crippen molar-refractivity contribution in [3.8, 4) is 11.3 Å². The number of thiazole rings is 1. The number of aryl methyl sites for hydroxylation is 1. The Labute approximate surface area is 172 Å². The molecule has 0 spiro atoms. The molecule has 1 atom stereocenters. The largest absolute Gasteiger partial charge is 0.312 e. The van der Waals surface area contributed by atoms with Crippen LogP contribution in [0.4, 0.5) is 15.2 Å². The minimum Gasteiger partial charge on any atom is -0.312 e. The third-order valence-electron chi connectivity index (χ3n) is 4.93. The van der Waals surface area contributed by atoms with Crippen LogP contribution < -0.4 is 10.2 Å². The van der Waals surface area contributed by atoms with Gasteiger partial charge >= 0.3 is 0 Å². The summed E-state index contributed by atoms with van der Waals surface area (Å²) >= 11 is 1.46. The van der Waals surface area contributed by atoms with Crippen LogP contribution in [0, 0.1) is 11.7 Å². The van der Waals surface area contributed by atoms with E-state index in [4.69, 9.17) is 0 Å². The van der Waals surface area contributed by atoms with Gasteiger partial charge in [-0.05, 0) is 30.7 Å². The van der Waals surface area contributed by atoms with Crippen LogP contribution >= 0.6 is 11.3 Å². The maximum absolute atomic E-state index is 13.1. The number of anilines is 2. The molecule has 0 unspecified atom stereocenters. The van der Waals surface area contributed by atoms with Gasteiger partial charge in [-0.25, -0.2) is 9.37 Å². The number of benzene rings is 2. The second-order valence-corrected chi connectivity index (χ2v) is 7.97. The van der Waals surface area contributed by atoms with Crippen molar-refractivity contribution in [3.05, 3.63) is 65.3 Å². The number of amides is 2. The van der Waals surface area contributed by atoms with Crippen LogP contribution in [0.15, 0.2) is 54.6 Å². The van der Waals surface area contributed by atoms with E-state index in [0.717, 1.165) is 22.6 Å². The maximum Gasteiger partial charge on any atom is 0.231 e. The van der Waals surface area contributed by atoms with Crippen molar-refractivity contribution in [2.45, 2.75) is 19.8 Å². The van der Waals surface area contributed by atoms with E-state index in [1.165, 1.54) is 28.4 Å². The highest BCUT2D eigenvalue weighted by molar-refractivity contribution is 7.16. The highest BCUT2D eigenvalue weighted by Gasteiger charge is 2.35. The fourth-order valence-corrected chi connectivity index (χ4v) is 4.35. The summed E-state index contributed by atoms with van der Waals surface area (Å²) in [5.74, 6) is -1.20. The van der Waals surface area contributed by atoms with Crippen molar-refractivity contribution in [3.63, 3.8) is 0 Å². The first-order valence-electron chi connectivity index (χ1n) is 9.47. The summed E-state index contributed by atoms with van der Waals surface area (Å²) in [7, 11) is 0. The lowest BCUT2D eigenvalue weighted by atomic mass is 10.1. The fraction of sp³-hybridized carbons (Fsp3) is 0.227. The Morgan fingerprint density at radius 3 is 2.62 bits per heavy atom. The lowest BCUT2D eigenvalue weighted by molar-refractivity contribution is -0.122. The molecule has 2 amide bonds. The normalized spacial score (nSPS) is 16.3. The van der Waals surface area contributed by atoms with E-state index in [1.807, 2.05) is 30.3 Å². The Morgan fingerprint density at radius 1 is 1.21 bits per heavy atom. The van der Waals surface area contributed by atoms with Gasteiger partial charge in [0.15, 0.2) is 5.13 Å². The number of rotatable bonds is 5. The number of carbonyl (C=O) groups is 2. The number of halogens is 1. The molecular weight excluding hydrogens is 389 g/mol. The molecule has 5 nitrogen and oxygen atoms in total. The van der Waals surface area contributed by atoms with Crippen LogP contribution in [0.25, 0.3) is 11.3 Å². The van der Waals surface area contributed by atoms with Gasteiger partial charge in [0.05, 0.1) is 11.6 Å². The molecule has 4 rings (SSSR count). The number of aromatic nitrogens is 1. The van der Waals surface area contributed by atoms with Gasteiger partial charge in [0.25, 0.3) is 0 Å². The first kappa shape index (κ1) is 19.3. The van der Waals surface area contributed by atoms with E-state index < -0.39 is 5.92 Å². The molecule has 0 radical (unpaired) electrons. The van der Waals surface area contributed by atoms with Gasteiger partial charge < -0.3 is 10.2 Å². The lowest BCUT2D eigenvalue weighted by Gasteiger charge is -2.16. The summed E-state index contributed by atoms with van der Waals surface area (Å²) in [4.78, 5) is 32.3. The number of nitrogens with one attached hydrogen (secondary N) is 1. The smallest absolute Gasteiger partial charge is 0.231 e. The second kappa shape index (κ2) is 8.13. The van der Waals surface area contributed by atoms with E-state index in [9.17, 15) is 14.0 Å². The van der Waals surface area contributed by atoms with Crippen molar-refractivity contribution >= 4 is 34.0 Å². The molecular formula is C22H20FN3O2S. The first-order valence-corrected chi connectivity index (χ1v) is 10.3. The minimum absolute atomic E-state index is 0.126. The zero-order valence-corrected chi connectivity index (χ0v) is 16.7. The Morgan fingerprint density at radius 2 is 1.93 bits per heavy atom. The zero-order chi connectivity index (χ0) is 20.4. The van der Waals surface area contributed by atoms with Crippen molar-refractivity contribution < 1.29 is 14.0 Å². The van der Waals surface area contributed by atoms with Crippen LogP contribution in [0.1, 0.15) is 18.2 Å². The number of hydrogen-bond donors (Lipinski definition) is 1. The Kier molecular flexibility index (Phi) is 5.40. The monoisotopic (exact) mass is 409 g/mol. The molecule has 1 aliphatic heterocycles. The Hall–Kier alpha value is -3.06. The molecule has 1 aromatic heterocycles. The summed E-state index contributed by atoms with van der Waals surface area (Å²) < 4.78 is 13.1. The fourth-order valence-electron chi connectivity index (χ4n) is 3.43. The van der Waals surface area contributed by atoms with Crippen LogP contribution in [0.2, 0.25) is 0 Å². The molecule has 3 aromatic rings. The summed E-state index contributed by atoms with van der Waals surface area (Å²) in [6.07, 6.45) is 0.943. The number of hydrogen-bond acceptors (Lipinski definition) is 4. The van der Waals surface area contributed by atoms with Gasteiger partial charge in [-0.3, -0.25) is 9.59 Å². The second-order valence-electron chi connectivity index (χ2n) is 6.88. The molecule has 0 bridgehead atoms. The van der Waals surface area contributed by atoms with Crippen molar-refractivity contribution in [1.82, 2.24) is 4.98 Å². The molecule has 148 valence electrons. The molecule has 1 aliphatic rings. The van der Waals surface area contributed by atoms with E-state index >= 15 is 0 Å². The van der Waals surface area contributed by atoms with E-state index in [0.29, 0.717) is 10.8 Å². The third-order valence-corrected chi connectivity index (χ3v) is 6.05. The molecule has 29 heavy (non-hydrogen) atoms. The van der Waals surface area contributed by atoms with E-state index in [-0.39, 0.29) is 30.6 Å². The zero-order valence-electron chi connectivity index (χ0n) is 15.9. The van der Waals surface area contributed by atoms with Crippen LogP contribution in [0.3, 0.4) is 0 Å². The van der Waals surface area contributed by atoms with Gasteiger partial charge in [-0.2, -0.15) is 0 Å². The summed E-state index contributed by atoms with van der Waals surface area (Å²) in [5.41, 5.74) is 2.49. The maximum atomic E-state index is 13.1.